The standard InChI is InChI=1S/C7H3NS/c1-2-8-3-7-5-9-4-6(1)7/h2,4-5H. The monoisotopic (exact) mass is 133 g/mol. The Bertz CT molecular complexity index is 283. The van der Waals surface area contributed by atoms with Crippen LogP contribution in [0, 0.1) is 12.3 Å². The molecule has 0 amide bonds. The van der Waals surface area contributed by atoms with Crippen LogP contribution in [0.2, 0.25) is 0 Å². The van der Waals surface area contributed by atoms with Crippen molar-refractivity contribution in [2.45, 2.75) is 0 Å². The largest absolute Gasteiger partial charge is 0.253 e. The Hall–Kier alpha value is -0.890. The first kappa shape index (κ1) is 4.94. The van der Waals surface area contributed by atoms with Gasteiger partial charge in [0, 0.05) is 28.4 Å². The van der Waals surface area contributed by atoms with Gasteiger partial charge in [-0.2, -0.15) is 11.3 Å². The van der Waals surface area contributed by atoms with E-state index in [1.165, 1.54) is 0 Å². The highest BCUT2D eigenvalue weighted by Crippen LogP contribution is 2.14. The molecule has 1 nitrogen and oxygen atoms in total. The predicted molar refractivity (Wildman–Crippen MR) is 37.3 cm³/mol. The summed E-state index contributed by atoms with van der Waals surface area (Å²) in [6.07, 6.45) is 4.49. The van der Waals surface area contributed by atoms with Gasteiger partial charge in [-0.1, -0.05) is 0 Å². The maximum absolute atomic E-state index is 3.81. The average molecular weight is 133 g/mol. The molecule has 0 unspecified atom stereocenters. The number of fused-ring (bicyclic) bond motifs is 1. The van der Waals surface area contributed by atoms with E-state index in [1.54, 1.807) is 17.5 Å². The average Bonchev–Trinajstić information content (AvgIpc) is 2.33. The summed E-state index contributed by atoms with van der Waals surface area (Å²) in [5, 5.41) is 6.21. The number of rotatable bonds is 0. The lowest BCUT2D eigenvalue weighted by atomic mass is 10.3. The number of aromatic nitrogens is 1. The molecule has 0 aliphatic heterocycles. The summed E-state index contributed by atoms with van der Waals surface area (Å²) in [5.74, 6) is 0. The first-order valence-corrected chi connectivity index (χ1v) is 3.51. The van der Waals surface area contributed by atoms with Gasteiger partial charge in [0.2, 0.25) is 0 Å². The van der Waals surface area contributed by atoms with E-state index in [-0.39, 0.29) is 0 Å². The molecule has 2 rings (SSSR count). The first-order valence-electron chi connectivity index (χ1n) is 2.57. The Morgan fingerprint density at radius 2 is 2.22 bits per heavy atom. The van der Waals surface area contributed by atoms with Crippen LogP contribution in [0.3, 0.4) is 0 Å². The van der Waals surface area contributed by atoms with Crippen LogP contribution in [0.1, 0.15) is 0 Å². The highest BCUT2D eigenvalue weighted by Gasteiger charge is 1.90. The molecule has 2 heterocycles. The molecule has 42 valence electrons. The Labute approximate surface area is 57.0 Å². The summed E-state index contributed by atoms with van der Waals surface area (Å²) < 4.78 is 0. The minimum Gasteiger partial charge on any atom is -0.253 e. The molecule has 2 heteroatoms. The lowest BCUT2D eigenvalue weighted by Gasteiger charge is -1.79. The van der Waals surface area contributed by atoms with E-state index in [2.05, 4.69) is 17.2 Å². The van der Waals surface area contributed by atoms with Crippen LogP contribution in [0.4, 0.5) is 0 Å². The third kappa shape index (κ3) is 0.715. The van der Waals surface area contributed by atoms with Crippen LogP contribution >= 0.6 is 11.3 Å². The number of pyridine rings is 1. The lowest BCUT2D eigenvalue weighted by molar-refractivity contribution is 1.35. The van der Waals surface area contributed by atoms with Gasteiger partial charge in [-0.3, -0.25) is 4.98 Å². The molecule has 0 aliphatic rings. The molecule has 0 saturated carbocycles. The Kier molecular flexibility index (Phi) is 0.993. The zero-order valence-corrected chi connectivity index (χ0v) is 5.40. The van der Waals surface area contributed by atoms with E-state index >= 15 is 0 Å². The van der Waals surface area contributed by atoms with Gasteiger partial charge in [0.25, 0.3) is 0 Å². The highest BCUT2D eigenvalue weighted by atomic mass is 32.1. The van der Waals surface area contributed by atoms with Crippen LogP contribution in [0.5, 0.6) is 0 Å². The number of hydrogen-bond donors (Lipinski definition) is 0. The molecule has 0 bridgehead atoms. The molecule has 9 heavy (non-hydrogen) atoms. The van der Waals surface area contributed by atoms with Crippen LogP contribution in [0.25, 0.3) is 10.8 Å². The summed E-state index contributed by atoms with van der Waals surface area (Å²) in [6, 6.07) is 3.00. The van der Waals surface area contributed by atoms with Gasteiger partial charge in [0.15, 0.2) is 0 Å². The highest BCUT2D eigenvalue weighted by molar-refractivity contribution is 7.09. The van der Waals surface area contributed by atoms with Crippen molar-refractivity contribution in [3.8, 4) is 0 Å². The molecule has 0 aliphatic carbocycles. The second kappa shape index (κ2) is 1.81. The molecule has 0 atom stereocenters. The fourth-order valence-corrected chi connectivity index (χ4v) is 1.41. The van der Waals surface area contributed by atoms with E-state index in [4.69, 9.17) is 0 Å². The van der Waals surface area contributed by atoms with Crippen LogP contribution in [-0.4, -0.2) is 4.98 Å². The van der Waals surface area contributed by atoms with Crippen LogP contribution < -0.4 is 0 Å². The fraction of sp³-hybridized carbons (Fsp3) is 0. The van der Waals surface area contributed by atoms with Gasteiger partial charge in [-0.25, -0.2) is 0 Å². The van der Waals surface area contributed by atoms with Gasteiger partial charge in [-0.05, 0) is 5.38 Å². The fourth-order valence-electron chi connectivity index (χ4n) is 0.699. The van der Waals surface area contributed by atoms with Gasteiger partial charge in [-0.15, -0.1) is 0 Å². The SMILES string of the molecule is [c]1cn[c]c2cscc12. The van der Waals surface area contributed by atoms with Gasteiger partial charge in [0.1, 0.15) is 0 Å². The predicted octanol–water partition coefficient (Wildman–Crippen LogP) is 1.90. The molecule has 2 aromatic heterocycles. The molecule has 0 saturated heterocycles. The zero-order valence-electron chi connectivity index (χ0n) is 4.59. The summed E-state index contributed by atoms with van der Waals surface area (Å²) in [5.41, 5.74) is 0. The van der Waals surface area contributed by atoms with Crippen molar-refractivity contribution in [2.75, 3.05) is 0 Å². The second-order valence-corrected chi connectivity index (χ2v) is 2.46. The Morgan fingerprint density at radius 3 is 3.11 bits per heavy atom. The summed E-state index contributed by atoms with van der Waals surface area (Å²) in [6.45, 7) is 0. The Morgan fingerprint density at radius 1 is 1.33 bits per heavy atom. The van der Waals surface area contributed by atoms with Crippen LogP contribution in [0.15, 0.2) is 17.0 Å². The first-order chi connectivity index (χ1) is 4.47. The molecule has 0 spiro atoms. The topological polar surface area (TPSA) is 12.9 Å². The third-order valence-electron chi connectivity index (χ3n) is 1.13. The van der Waals surface area contributed by atoms with Gasteiger partial charge in [0.05, 0.1) is 6.20 Å². The normalized spacial score (nSPS) is 10.2. The maximum atomic E-state index is 3.81. The quantitative estimate of drug-likeness (QED) is 0.534. The van der Waals surface area contributed by atoms with E-state index in [1.807, 2.05) is 10.8 Å². The van der Waals surface area contributed by atoms with E-state index in [9.17, 15) is 0 Å². The minimum atomic E-state index is 1.06. The molecule has 2 radical (unpaired) electrons. The Balaban J connectivity index is 2.95. The zero-order chi connectivity index (χ0) is 6.10. The molecule has 2 aromatic rings. The van der Waals surface area contributed by atoms with Crippen molar-refractivity contribution in [3.05, 3.63) is 29.2 Å². The van der Waals surface area contributed by atoms with Crippen molar-refractivity contribution >= 4 is 22.1 Å². The maximum Gasteiger partial charge on any atom is 0.0979 e. The molecular formula is C7H3NS. The van der Waals surface area contributed by atoms with Crippen molar-refractivity contribution in [1.82, 2.24) is 4.98 Å². The summed E-state index contributed by atoms with van der Waals surface area (Å²) in [4.78, 5) is 3.81. The van der Waals surface area contributed by atoms with Crippen molar-refractivity contribution in [3.63, 3.8) is 0 Å². The number of thiophene rings is 1. The van der Waals surface area contributed by atoms with E-state index in [0.29, 0.717) is 0 Å². The van der Waals surface area contributed by atoms with Crippen LogP contribution in [-0.2, 0) is 0 Å². The molecule has 0 N–H and O–H groups in total. The third-order valence-corrected chi connectivity index (χ3v) is 1.88. The van der Waals surface area contributed by atoms with Crippen molar-refractivity contribution < 1.29 is 0 Å². The van der Waals surface area contributed by atoms with Crippen molar-refractivity contribution in [1.29, 1.82) is 0 Å². The van der Waals surface area contributed by atoms with Gasteiger partial charge >= 0.3 is 0 Å². The van der Waals surface area contributed by atoms with E-state index < -0.39 is 0 Å². The van der Waals surface area contributed by atoms with E-state index in [0.717, 1.165) is 10.8 Å². The van der Waals surface area contributed by atoms with Crippen molar-refractivity contribution in [2.24, 2.45) is 0 Å². The smallest absolute Gasteiger partial charge is 0.0979 e. The molecular weight excluding hydrogens is 130 g/mol. The summed E-state index contributed by atoms with van der Waals surface area (Å²) >= 11 is 1.65. The molecule has 0 fully saturated rings. The lowest BCUT2D eigenvalue weighted by Crippen LogP contribution is -1.67. The minimum absolute atomic E-state index is 1.06. The molecule has 0 aromatic carbocycles. The summed E-state index contributed by atoms with van der Waals surface area (Å²) in [7, 11) is 0. The number of hydrogen-bond acceptors (Lipinski definition) is 2. The number of nitrogens with zero attached hydrogens (tertiary/aromatic N) is 1. The van der Waals surface area contributed by atoms with Gasteiger partial charge < -0.3 is 0 Å². The second-order valence-electron chi connectivity index (χ2n) is 1.71.